The van der Waals surface area contributed by atoms with E-state index in [1.807, 2.05) is 0 Å². The zero-order chi connectivity index (χ0) is 16.5. The molecule has 2 aliphatic carbocycles. The monoisotopic (exact) mass is 320 g/mol. The number of hydrogen-bond acceptors (Lipinski definition) is 2. The molecular formula is C22H24O2. The van der Waals surface area contributed by atoms with Gasteiger partial charge in [0.2, 0.25) is 0 Å². The lowest BCUT2D eigenvalue weighted by Gasteiger charge is -2.38. The van der Waals surface area contributed by atoms with Crippen molar-refractivity contribution < 1.29 is 9.47 Å². The Balaban J connectivity index is 1.80. The summed E-state index contributed by atoms with van der Waals surface area (Å²) < 4.78 is 10.8. The van der Waals surface area contributed by atoms with Crippen molar-refractivity contribution >= 4 is 11.6 Å². The third-order valence-electron chi connectivity index (χ3n) is 5.59. The summed E-state index contributed by atoms with van der Waals surface area (Å²) in [5.41, 5.74) is 5.63. The first-order valence-electron chi connectivity index (χ1n) is 8.84. The summed E-state index contributed by atoms with van der Waals surface area (Å²) in [6.45, 7) is 0. The Morgan fingerprint density at radius 2 is 1.46 bits per heavy atom. The van der Waals surface area contributed by atoms with E-state index in [9.17, 15) is 0 Å². The van der Waals surface area contributed by atoms with Crippen LogP contribution >= 0.6 is 0 Å². The molecule has 0 bridgehead atoms. The van der Waals surface area contributed by atoms with E-state index in [0.29, 0.717) is 11.8 Å². The fourth-order valence-corrected chi connectivity index (χ4v) is 4.36. The van der Waals surface area contributed by atoms with Crippen molar-refractivity contribution in [2.45, 2.75) is 31.6 Å². The van der Waals surface area contributed by atoms with Gasteiger partial charge in [-0.05, 0) is 71.2 Å². The minimum atomic E-state index is 0.617. The molecule has 0 heterocycles. The molecular weight excluding hydrogens is 296 g/mol. The number of benzene rings is 2. The first-order chi connectivity index (χ1) is 11.8. The van der Waals surface area contributed by atoms with Gasteiger partial charge in [-0.3, -0.25) is 0 Å². The Hall–Kier alpha value is -2.22. The summed E-state index contributed by atoms with van der Waals surface area (Å²) >= 11 is 0. The summed E-state index contributed by atoms with van der Waals surface area (Å²) in [7, 11) is 3.47. The number of fused-ring (bicyclic) bond motifs is 3. The summed E-state index contributed by atoms with van der Waals surface area (Å²) in [6, 6.07) is 15.1. The fourth-order valence-electron chi connectivity index (χ4n) is 4.36. The third kappa shape index (κ3) is 2.60. The average molecular weight is 320 g/mol. The van der Waals surface area contributed by atoms with Gasteiger partial charge in [-0.25, -0.2) is 0 Å². The second-order valence-corrected chi connectivity index (χ2v) is 6.82. The van der Waals surface area contributed by atoms with Gasteiger partial charge >= 0.3 is 0 Å². The van der Waals surface area contributed by atoms with Crippen molar-refractivity contribution in [1.82, 2.24) is 0 Å². The SMILES string of the molecule is COc1ccc(C2=Cc3ccc(OC)cc3[C@@H]3CCCC[C@H]23)cc1. The van der Waals surface area contributed by atoms with E-state index in [1.54, 1.807) is 14.2 Å². The van der Waals surface area contributed by atoms with E-state index in [2.05, 4.69) is 48.5 Å². The molecule has 1 saturated carbocycles. The summed E-state index contributed by atoms with van der Waals surface area (Å²) in [5.74, 6) is 3.12. The number of hydrogen-bond donors (Lipinski definition) is 0. The predicted molar refractivity (Wildman–Crippen MR) is 98.6 cm³/mol. The normalized spacial score (nSPS) is 22.2. The quantitative estimate of drug-likeness (QED) is 0.740. The first-order valence-corrected chi connectivity index (χ1v) is 8.84. The number of rotatable bonds is 3. The first kappa shape index (κ1) is 15.3. The highest BCUT2D eigenvalue weighted by Gasteiger charge is 2.34. The van der Waals surface area contributed by atoms with E-state index in [-0.39, 0.29) is 0 Å². The zero-order valence-corrected chi connectivity index (χ0v) is 14.4. The van der Waals surface area contributed by atoms with Crippen LogP contribution < -0.4 is 9.47 Å². The standard InChI is InChI=1S/C22H24O2/c1-23-17-10-7-15(8-11-17)21-13-16-9-12-18(24-2)14-22(16)20-6-4-3-5-19(20)21/h7-14,19-20H,3-6H2,1-2H3/t19-,20+/m0/s1. The summed E-state index contributed by atoms with van der Waals surface area (Å²) in [6.07, 6.45) is 7.60. The summed E-state index contributed by atoms with van der Waals surface area (Å²) in [4.78, 5) is 0. The lowest BCUT2D eigenvalue weighted by molar-refractivity contribution is 0.366. The minimum Gasteiger partial charge on any atom is -0.497 e. The van der Waals surface area contributed by atoms with Gasteiger partial charge in [0.25, 0.3) is 0 Å². The number of ether oxygens (including phenoxy) is 2. The van der Waals surface area contributed by atoms with Crippen LogP contribution in [0.5, 0.6) is 11.5 Å². The van der Waals surface area contributed by atoms with Gasteiger partial charge in [0.05, 0.1) is 14.2 Å². The largest absolute Gasteiger partial charge is 0.497 e. The molecule has 0 unspecified atom stereocenters. The smallest absolute Gasteiger partial charge is 0.119 e. The third-order valence-corrected chi connectivity index (χ3v) is 5.59. The van der Waals surface area contributed by atoms with Crippen molar-refractivity contribution in [2.75, 3.05) is 14.2 Å². The van der Waals surface area contributed by atoms with Crippen molar-refractivity contribution in [3.63, 3.8) is 0 Å². The lowest BCUT2D eigenvalue weighted by atomic mass is 9.66. The van der Waals surface area contributed by atoms with Crippen LogP contribution in [0.3, 0.4) is 0 Å². The van der Waals surface area contributed by atoms with E-state index in [0.717, 1.165) is 11.5 Å². The van der Waals surface area contributed by atoms with Crippen molar-refractivity contribution in [3.8, 4) is 11.5 Å². The molecule has 124 valence electrons. The van der Waals surface area contributed by atoms with Gasteiger partial charge in [0, 0.05) is 0 Å². The molecule has 2 heteroatoms. The molecule has 2 aromatic rings. The van der Waals surface area contributed by atoms with Crippen LogP contribution in [0.1, 0.15) is 48.3 Å². The van der Waals surface area contributed by atoms with Crippen LogP contribution in [0.15, 0.2) is 42.5 Å². The van der Waals surface area contributed by atoms with E-state index in [4.69, 9.17) is 9.47 Å². The molecule has 0 aliphatic heterocycles. The molecule has 24 heavy (non-hydrogen) atoms. The Labute approximate surface area is 144 Å². The molecule has 0 amide bonds. The van der Waals surface area contributed by atoms with Crippen molar-refractivity contribution in [1.29, 1.82) is 0 Å². The van der Waals surface area contributed by atoms with Crippen molar-refractivity contribution in [2.24, 2.45) is 5.92 Å². The van der Waals surface area contributed by atoms with Crippen LogP contribution in [-0.2, 0) is 0 Å². The van der Waals surface area contributed by atoms with E-state index in [1.165, 1.54) is 47.9 Å². The molecule has 2 nitrogen and oxygen atoms in total. The highest BCUT2D eigenvalue weighted by Crippen LogP contribution is 2.50. The maximum Gasteiger partial charge on any atom is 0.119 e. The lowest BCUT2D eigenvalue weighted by Crippen LogP contribution is -2.23. The highest BCUT2D eigenvalue weighted by atomic mass is 16.5. The van der Waals surface area contributed by atoms with E-state index >= 15 is 0 Å². The summed E-state index contributed by atoms with van der Waals surface area (Å²) in [5, 5.41) is 0. The number of methoxy groups -OCH3 is 2. The zero-order valence-electron chi connectivity index (χ0n) is 14.4. The molecule has 2 aliphatic rings. The topological polar surface area (TPSA) is 18.5 Å². The fraction of sp³-hybridized carbons (Fsp3) is 0.364. The second-order valence-electron chi connectivity index (χ2n) is 6.82. The van der Waals surface area contributed by atoms with Crippen LogP contribution in [0.25, 0.3) is 11.6 Å². The molecule has 0 saturated heterocycles. The molecule has 2 aromatic carbocycles. The molecule has 0 spiro atoms. The maximum atomic E-state index is 5.46. The van der Waals surface area contributed by atoms with Gasteiger partial charge in [0.1, 0.15) is 11.5 Å². The molecule has 4 rings (SSSR count). The number of allylic oxidation sites excluding steroid dienone is 1. The molecule has 0 radical (unpaired) electrons. The Morgan fingerprint density at radius 3 is 2.17 bits per heavy atom. The molecule has 0 aromatic heterocycles. The maximum absolute atomic E-state index is 5.46. The van der Waals surface area contributed by atoms with Crippen LogP contribution in [0.2, 0.25) is 0 Å². The highest BCUT2D eigenvalue weighted by molar-refractivity contribution is 5.87. The van der Waals surface area contributed by atoms with Crippen LogP contribution in [-0.4, -0.2) is 14.2 Å². The van der Waals surface area contributed by atoms with Crippen molar-refractivity contribution in [3.05, 3.63) is 59.2 Å². The Bertz CT molecular complexity index is 758. The van der Waals surface area contributed by atoms with Gasteiger partial charge in [-0.1, -0.05) is 37.1 Å². The van der Waals surface area contributed by atoms with Crippen LogP contribution in [0.4, 0.5) is 0 Å². The minimum absolute atomic E-state index is 0.617. The van der Waals surface area contributed by atoms with Gasteiger partial charge < -0.3 is 9.47 Å². The molecule has 2 atom stereocenters. The van der Waals surface area contributed by atoms with E-state index < -0.39 is 0 Å². The second kappa shape index (κ2) is 6.35. The predicted octanol–water partition coefficient (Wildman–Crippen LogP) is 5.53. The van der Waals surface area contributed by atoms with Gasteiger partial charge in [0.15, 0.2) is 0 Å². The molecule has 0 N–H and O–H groups in total. The average Bonchev–Trinajstić information content (AvgIpc) is 2.67. The van der Waals surface area contributed by atoms with Gasteiger partial charge in [-0.2, -0.15) is 0 Å². The van der Waals surface area contributed by atoms with Gasteiger partial charge in [-0.15, -0.1) is 0 Å². The Morgan fingerprint density at radius 1 is 0.792 bits per heavy atom. The molecule has 1 fully saturated rings. The van der Waals surface area contributed by atoms with Crippen LogP contribution in [0, 0.1) is 5.92 Å². The Kier molecular flexibility index (Phi) is 4.05.